The molecule has 1 heterocycles. The van der Waals surface area contributed by atoms with E-state index in [9.17, 15) is 4.79 Å². The van der Waals surface area contributed by atoms with Crippen molar-refractivity contribution in [3.8, 4) is 6.07 Å². The zero-order valence-corrected chi connectivity index (χ0v) is 8.25. The largest absolute Gasteiger partial charge is 0.337 e. The number of hydrogen-bond donors (Lipinski definition) is 1. The molecule has 0 aliphatic carbocycles. The van der Waals surface area contributed by atoms with Crippen LogP contribution in [0.2, 0.25) is 5.15 Å². The first-order valence-electron chi connectivity index (χ1n) is 3.95. The van der Waals surface area contributed by atoms with Gasteiger partial charge in [-0.05, 0) is 19.1 Å². The Morgan fingerprint density at radius 2 is 2.50 bits per heavy atom. The highest BCUT2D eigenvalue weighted by molar-refractivity contribution is 6.29. The van der Waals surface area contributed by atoms with Gasteiger partial charge in [0.1, 0.15) is 11.2 Å². The van der Waals surface area contributed by atoms with Crippen molar-refractivity contribution in [2.75, 3.05) is 0 Å². The molecule has 1 N–H and O–H groups in total. The van der Waals surface area contributed by atoms with Gasteiger partial charge < -0.3 is 5.32 Å². The number of rotatable bonds is 2. The minimum Gasteiger partial charge on any atom is -0.337 e. The average molecular weight is 210 g/mol. The summed E-state index contributed by atoms with van der Waals surface area (Å²) in [7, 11) is 0. The number of nitriles is 1. The fraction of sp³-hybridized carbons (Fsp3) is 0.222. The molecule has 0 spiro atoms. The van der Waals surface area contributed by atoms with Crippen molar-refractivity contribution in [1.29, 1.82) is 5.26 Å². The van der Waals surface area contributed by atoms with Crippen molar-refractivity contribution in [2.45, 2.75) is 13.0 Å². The highest BCUT2D eigenvalue weighted by Crippen LogP contribution is 2.06. The molecule has 1 aromatic rings. The van der Waals surface area contributed by atoms with Crippen molar-refractivity contribution in [1.82, 2.24) is 10.3 Å². The third kappa shape index (κ3) is 2.71. The van der Waals surface area contributed by atoms with Gasteiger partial charge in [-0.25, -0.2) is 4.98 Å². The van der Waals surface area contributed by atoms with Gasteiger partial charge in [0.2, 0.25) is 0 Å². The first-order chi connectivity index (χ1) is 6.63. The molecule has 0 saturated carbocycles. The number of amides is 1. The van der Waals surface area contributed by atoms with Gasteiger partial charge in [-0.3, -0.25) is 4.79 Å². The Morgan fingerprint density at radius 1 is 1.79 bits per heavy atom. The molecule has 1 aromatic heterocycles. The molecule has 72 valence electrons. The zero-order chi connectivity index (χ0) is 10.6. The van der Waals surface area contributed by atoms with Gasteiger partial charge in [0.15, 0.2) is 0 Å². The molecule has 4 nitrogen and oxygen atoms in total. The maximum Gasteiger partial charge on any atom is 0.252 e. The van der Waals surface area contributed by atoms with Crippen LogP contribution < -0.4 is 5.32 Å². The molecule has 0 aromatic carbocycles. The van der Waals surface area contributed by atoms with Crippen LogP contribution in [-0.4, -0.2) is 16.9 Å². The van der Waals surface area contributed by atoms with Crippen LogP contribution in [0.1, 0.15) is 17.3 Å². The predicted octanol–water partition coefficient (Wildman–Crippen LogP) is 1.38. The lowest BCUT2D eigenvalue weighted by molar-refractivity contribution is 0.0947. The zero-order valence-electron chi connectivity index (χ0n) is 7.49. The maximum absolute atomic E-state index is 11.4. The van der Waals surface area contributed by atoms with Crippen molar-refractivity contribution in [3.05, 3.63) is 29.0 Å². The average Bonchev–Trinajstić information content (AvgIpc) is 2.17. The SMILES string of the molecule is CC(C#N)NC(=O)c1ccnc(Cl)c1. The summed E-state index contributed by atoms with van der Waals surface area (Å²) in [6.45, 7) is 1.60. The molecule has 1 unspecified atom stereocenters. The fourth-order valence-electron chi connectivity index (χ4n) is 0.856. The van der Waals surface area contributed by atoms with Crippen LogP contribution in [0.25, 0.3) is 0 Å². The molecule has 0 aliphatic rings. The predicted molar refractivity (Wildman–Crippen MR) is 51.8 cm³/mol. The van der Waals surface area contributed by atoms with Crippen molar-refractivity contribution in [2.24, 2.45) is 0 Å². The lowest BCUT2D eigenvalue weighted by Gasteiger charge is -2.05. The van der Waals surface area contributed by atoms with Crippen molar-refractivity contribution >= 4 is 17.5 Å². The number of pyridine rings is 1. The quantitative estimate of drug-likeness (QED) is 0.749. The molecular weight excluding hydrogens is 202 g/mol. The van der Waals surface area contributed by atoms with Crippen LogP contribution in [0.5, 0.6) is 0 Å². The van der Waals surface area contributed by atoms with E-state index < -0.39 is 6.04 Å². The van der Waals surface area contributed by atoms with Gasteiger partial charge >= 0.3 is 0 Å². The number of aromatic nitrogens is 1. The summed E-state index contributed by atoms with van der Waals surface area (Å²) in [6, 6.07) is 4.36. The molecule has 1 rings (SSSR count). The fourth-order valence-corrected chi connectivity index (χ4v) is 1.03. The van der Waals surface area contributed by atoms with E-state index in [1.807, 2.05) is 6.07 Å². The van der Waals surface area contributed by atoms with Crippen LogP contribution in [0.4, 0.5) is 0 Å². The number of halogens is 1. The first-order valence-corrected chi connectivity index (χ1v) is 4.33. The molecule has 0 saturated heterocycles. The minimum absolute atomic E-state index is 0.252. The highest BCUT2D eigenvalue weighted by atomic mass is 35.5. The van der Waals surface area contributed by atoms with E-state index in [2.05, 4.69) is 10.3 Å². The highest BCUT2D eigenvalue weighted by Gasteiger charge is 2.08. The number of nitrogens with zero attached hydrogens (tertiary/aromatic N) is 2. The number of nitrogens with one attached hydrogen (secondary N) is 1. The lowest BCUT2D eigenvalue weighted by atomic mass is 10.2. The standard InChI is InChI=1S/C9H8ClN3O/c1-6(5-11)13-9(14)7-2-3-12-8(10)4-7/h2-4,6H,1H3,(H,13,14). The normalized spacial score (nSPS) is 11.5. The summed E-state index contributed by atoms with van der Waals surface area (Å²) in [6.07, 6.45) is 1.44. The third-order valence-corrected chi connectivity index (χ3v) is 1.74. The van der Waals surface area contributed by atoms with E-state index in [4.69, 9.17) is 16.9 Å². The Labute approximate surface area is 86.5 Å². The number of hydrogen-bond acceptors (Lipinski definition) is 3. The second kappa shape index (κ2) is 4.58. The van der Waals surface area contributed by atoms with E-state index >= 15 is 0 Å². The number of carbonyl (C=O) groups is 1. The van der Waals surface area contributed by atoms with Crippen LogP contribution in [0, 0.1) is 11.3 Å². The number of carbonyl (C=O) groups excluding carboxylic acids is 1. The van der Waals surface area contributed by atoms with Gasteiger partial charge in [-0.1, -0.05) is 11.6 Å². The van der Waals surface area contributed by atoms with Crippen molar-refractivity contribution in [3.63, 3.8) is 0 Å². The van der Waals surface area contributed by atoms with Crippen LogP contribution in [0.15, 0.2) is 18.3 Å². The Balaban J connectivity index is 2.76. The van der Waals surface area contributed by atoms with Gasteiger partial charge in [0.25, 0.3) is 5.91 Å². The third-order valence-electron chi connectivity index (χ3n) is 1.53. The summed E-state index contributed by atoms with van der Waals surface area (Å²) in [5.74, 6) is -0.330. The van der Waals surface area contributed by atoms with E-state index in [0.29, 0.717) is 5.56 Å². The van der Waals surface area contributed by atoms with Gasteiger partial charge in [-0.2, -0.15) is 5.26 Å². The first kappa shape index (κ1) is 10.5. The van der Waals surface area contributed by atoms with Crippen molar-refractivity contribution < 1.29 is 4.79 Å². The Bertz CT molecular complexity index is 386. The molecule has 0 fully saturated rings. The molecule has 1 amide bonds. The van der Waals surface area contributed by atoms with Gasteiger partial charge in [-0.15, -0.1) is 0 Å². The minimum atomic E-state index is -0.519. The maximum atomic E-state index is 11.4. The molecule has 0 bridgehead atoms. The molecule has 0 aliphatic heterocycles. The van der Waals surface area contributed by atoms with Gasteiger partial charge in [0.05, 0.1) is 6.07 Å². The summed E-state index contributed by atoms with van der Waals surface area (Å²) < 4.78 is 0. The lowest BCUT2D eigenvalue weighted by Crippen LogP contribution is -2.31. The smallest absolute Gasteiger partial charge is 0.252 e. The second-order valence-corrected chi connectivity index (χ2v) is 3.08. The van der Waals surface area contributed by atoms with E-state index in [1.165, 1.54) is 18.3 Å². The molecular formula is C9H8ClN3O. The van der Waals surface area contributed by atoms with E-state index in [0.717, 1.165) is 0 Å². The molecule has 0 radical (unpaired) electrons. The van der Waals surface area contributed by atoms with Crippen LogP contribution >= 0.6 is 11.6 Å². The Hall–Kier alpha value is -1.60. The summed E-state index contributed by atoms with van der Waals surface area (Å²) in [4.78, 5) is 15.2. The van der Waals surface area contributed by atoms with E-state index in [1.54, 1.807) is 6.92 Å². The monoisotopic (exact) mass is 209 g/mol. The van der Waals surface area contributed by atoms with E-state index in [-0.39, 0.29) is 11.1 Å². The Kier molecular flexibility index (Phi) is 3.43. The summed E-state index contributed by atoms with van der Waals surface area (Å²) in [5.41, 5.74) is 0.395. The topological polar surface area (TPSA) is 65.8 Å². The Morgan fingerprint density at radius 3 is 3.07 bits per heavy atom. The van der Waals surface area contributed by atoms with Gasteiger partial charge in [0, 0.05) is 11.8 Å². The molecule has 14 heavy (non-hydrogen) atoms. The molecule has 5 heteroatoms. The van der Waals surface area contributed by atoms with Crippen LogP contribution in [-0.2, 0) is 0 Å². The van der Waals surface area contributed by atoms with Crippen LogP contribution in [0.3, 0.4) is 0 Å². The summed E-state index contributed by atoms with van der Waals surface area (Å²) in [5, 5.41) is 11.2. The summed E-state index contributed by atoms with van der Waals surface area (Å²) >= 11 is 5.60. The second-order valence-electron chi connectivity index (χ2n) is 2.69. The molecule has 1 atom stereocenters.